The number of halogens is 2. The summed E-state index contributed by atoms with van der Waals surface area (Å²) in [5.74, 6) is 0.0388. The van der Waals surface area contributed by atoms with E-state index in [-0.39, 0.29) is 17.0 Å². The van der Waals surface area contributed by atoms with Crippen LogP contribution in [0, 0.1) is 19.8 Å². The minimum atomic E-state index is -0.219. The summed E-state index contributed by atoms with van der Waals surface area (Å²) in [6, 6.07) is 3.55. The van der Waals surface area contributed by atoms with Gasteiger partial charge in [-0.2, -0.15) is 5.10 Å². The number of hydrogen-bond donors (Lipinski definition) is 2. The second kappa shape index (κ2) is 6.54. The number of H-pyrrole nitrogens is 1. The van der Waals surface area contributed by atoms with Crippen molar-refractivity contribution in [3.05, 3.63) is 39.4 Å². The highest BCUT2D eigenvalue weighted by atomic mass is 35.5. The Balaban J connectivity index is 1.87. The summed E-state index contributed by atoms with van der Waals surface area (Å²) in [5.41, 5.74) is 2.48. The molecule has 1 unspecified atom stereocenters. The molecule has 0 spiro atoms. The molecule has 1 amide bonds. The second-order valence-corrected chi connectivity index (χ2v) is 6.05. The van der Waals surface area contributed by atoms with Gasteiger partial charge in [0.2, 0.25) is 0 Å². The fourth-order valence-electron chi connectivity index (χ4n) is 2.11. The van der Waals surface area contributed by atoms with E-state index in [1.165, 1.54) is 6.07 Å². The molecule has 0 aliphatic rings. The van der Waals surface area contributed by atoms with Crippen molar-refractivity contribution < 1.29 is 4.79 Å². The van der Waals surface area contributed by atoms with Crippen LogP contribution in [0.15, 0.2) is 12.1 Å². The highest BCUT2D eigenvalue weighted by Crippen LogP contribution is 2.21. The number of aryl methyl sites for hydroxylation is 2. The zero-order valence-corrected chi connectivity index (χ0v) is 13.7. The third kappa shape index (κ3) is 4.02. The molecule has 2 N–H and O–H groups in total. The van der Waals surface area contributed by atoms with Crippen LogP contribution in [0.25, 0.3) is 0 Å². The van der Waals surface area contributed by atoms with E-state index < -0.39 is 0 Å². The van der Waals surface area contributed by atoms with Crippen molar-refractivity contribution in [3.8, 4) is 0 Å². The first-order valence-corrected chi connectivity index (χ1v) is 7.45. The monoisotopic (exact) mass is 328 g/mol. The van der Waals surface area contributed by atoms with E-state index in [2.05, 4.69) is 22.3 Å². The largest absolute Gasteiger partial charge is 0.350 e. The lowest BCUT2D eigenvalue weighted by Gasteiger charge is -2.13. The summed E-state index contributed by atoms with van der Waals surface area (Å²) >= 11 is 11.6. The maximum Gasteiger partial charge on any atom is 0.267 e. The molecule has 0 saturated carbocycles. The Hall–Kier alpha value is -1.46. The molecule has 7 heteroatoms. The lowest BCUT2D eigenvalue weighted by atomic mass is 10.2. The van der Waals surface area contributed by atoms with Crippen LogP contribution in [0.4, 0.5) is 0 Å². The second-order valence-electron chi connectivity index (χ2n) is 5.27. The van der Waals surface area contributed by atoms with Crippen LogP contribution in [0.1, 0.15) is 28.8 Å². The summed E-state index contributed by atoms with van der Waals surface area (Å²) in [6.45, 7) is 7.35. The molecule has 0 radical (unpaired) electrons. The van der Waals surface area contributed by atoms with Crippen LogP contribution in [-0.2, 0) is 6.54 Å². The summed E-state index contributed by atoms with van der Waals surface area (Å²) < 4.78 is 1.95. The highest BCUT2D eigenvalue weighted by molar-refractivity contribution is 6.41. The molecule has 0 fully saturated rings. The van der Waals surface area contributed by atoms with Gasteiger partial charge in [0.1, 0.15) is 10.8 Å². The molecule has 1 atom stereocenters. The maximum absolute atomic E-state index is 12.0. The first-order valence-electron chi connectivity index (χ1n) is 6.70. The van der Waals surface area contributed by atoms with Crippen molar-refractivity contribution in [1.82, 2.24) is 20.1 Å². The maximum atomic E-state index is 12.0. The third-order valence-corrected chi connectivity index (χ3v) is 3.86. The van der Waals surface area contributed by atoms with Crippen LogP contribution in [0.3, 0.4) is 0 Å². The van der Waals surface area contributed by atoms with E-state index in [1.807, 2.05) is 24.6 Å². The summed E-state index contributed by atoms with van der Waals surface area (Å²) in [5, 5.41) is 7.89. The Bertz CT molecular complexity index is 628. The molecule has 21 heavy (non-hydrogen) atoms. The molecule has 2 heterocycles. The van der Waals surface area contributed by atoms with Crippen molar-refractivity contribution in [3.63, 3.8) is 0 Å². The lowest BCUT2D eigenvalue weighted by Crippen LogP contribution is -2.30. The van der Waals surface area contributed by atoms with Crippen LogP contribution in [0.2, 0.25) is 10.2 Å². The van der Waals surface area contributed by atoms with Crippen LogP contribution >= 0.6 is 23.2 Å². The predicted octanol–water partition coefficient (Wildman–Crippen LogP) is 3.20. The van der Waals surface area contributed by atoms with Gasteiger partial charge >= 0.3 is 0 Å². The smallest absolute Gasteiger partial charge is 0.267 e. The fourth-order valence-corrected chi connectivity index (χ4v) is 2.42. The van der Waals surface area contributed by atoms with Gasteiger partial charge in [0.15, 0.2) is 0 Å². The average molecular weight is 329 g/mol. The molecule has 0 aromatic carbocycles. The van der Waals surface area contributed by atoms with Gasteiger partial charge in [-0.1, -0.05) is 30.1 Å². The van der Waals surface area contributed by atoms with Crippen molar-refractivity contribution in [1.29, 1.82) is 0 Å². The number of carbonyl (C=O) groups excluding carboxylic acids is 1. The number of aromatic nitrogens is 3. The first-order chi connectivity index (χ1) is 9.86. The normalized spacial score (nSPS) is 12.4. The fraction of sp³-hybridized carbons (Fsp3) is 0.429. The highest BCUT2D eigenvalue weighted by Gasteiger charge is 2.13. The number of rotatable bonds is 5. The summed E-state index contributed by atoms with van der Waals surface area (Å²) in [7, 11) is 0. The quantitative estimate of drug-likeness (QED) is 0.885. The van der Waals surface area contributed by atoms with Crippen LogP contribution in [0.5, 0.6) is 0 Å². The van der Waals surface area contributed by atoms with Gasteiger partial charge < -0.3 is 10.3 Å². The van der Waals surface area contributed by atoms with Gasteiger partial charge in [-0.05, 0) is 31.9 Å². The van der Waals surface area contributed by atoms with E-state index in [9.17, 15) is 4.79 Å². The Morgan fingerprint density at radius 3 is 2.67 bits per heavy atom. The van der Waals surface area contributed by atoms with Crippen molar-refractivity contribution in [2.45, 2.75) is 27.3 Å². The zero-order chi connectivity index (χ0) is 15.6. The molecule has 0 aliphatic heterocycles. The van der Waals surface area contributed by atoms with Crippen LogP contribution < -0.4 is 5.32 Å². The molecule has 2 aromatic heterocycles. The van der Waals surface area contributed by atoms with E-state index >= 15 is 0 Å². The molecule has 0 saturated heterocycles. The lowest BCUT2D eigenvalue weighted by molar-refractivity contribution is 0.0942. The van der Waals surface area contributed by atoms with Crippen molar-refractivity contribution in [2.24, 2.45) is 5.92 Å². The Kier molecular flexibility index (Phi) is 4.96. The number of carbonyl (C=O) groups is 1. The van der Waals surface area contributed by atoms with Gasteiger partial charge in [0.25, 0.3) is 5.91 Å². The minimum absolute atomic E-state index is 0.219. The van der Waals surface area contributed by atoms with E-state index in [0.29, 0.717) is 17.3 Å². The molecule has 0 aliphatic carbocycles. The van der Waals surface area contributed by atoms with Gasteiger partial charge in [0, 0.05) is 18.8 Å². The Morgan fingerprint density at radius 1 is 1.43 bits per heavy atom. The summed E-state index contributed by atoms with van der Waals surface area (Å²) in [6.07, 6.45) is 0. The van der Waals surface area contributed by atoms with Crippen molar-refractivity contribution >= 4 is 29.1 Å². The topological polar surface area (TPSA) is 62.7 Å². The molecule has 114 valence electrons. The van der Waals surface area contributed by atoms with Gasteiger partial charge in [-0.3, -0.25) is 9.48 Å². The van der Waals surface area contributed by atoms with Gasteiger partial charge in [0.05, 0.1) is 10.7 Å². The molecule has 2 aromatic rings. The summed E-state index contributed by atoms with van der Waals surface area (Å²) in [4.78, 5) is 14.7. The van der Waals surface area contributed by atoms with Gasteiger partial charge in [-0.15, -0.1) is 0 Å². The standard InChI is InChI=1S/C14H18Cl2N4O/c1-8(7-20-10(3)4-9(2)19-20)6-17-14(21)12-5-11(15)13(16)18-12/h4-5,8,18H,6-7H2,1-3H3,(H,17,21). The number of amides is 1. The third-order valence-electron chi connectivity index (χ3n) is 3.17. The van der Waals surface area contributed by atoms with E-state index in [4.69, 9.17) is 23.2 Å². The SMILES string of the molecule is Cc1cc(C)n(CC(C)CNC(=O)c2cc(Cl)c(Cl)[nH]2)n1. The Morgan fingerprint density at radius 2 is 2.14 bits per heavy atom. The van der Waals surface area contributed by atoms with Gasteiger partial charge in [-0.25, -0.2) is 0 Å². The van der Waals surface area contributed by atoms with Crippen LogP contribution in [-0.4, -0.2) is 27.2 Å². The Labute approximate surface area is 133 Å². The average Bonchev–Trinajstić information content (AvgIpc) is 2.90. The molecular weight excluding hydrogens is 311 g/mol. The first kappa shape index (κ1) is 15.9. The number of aromatic amines is 1. The van der Waals surface area contributed by atoms with Crippen molar-refractivity contribution in [2.75, 3.05) is 6.54 Å². The molecule has 2 rings (SSSR count). The minimum Gasteiger partial charge on any atom is -0.350 e. The number of hydrogen-bond acceptors (Lipinski definition) is 2. The number of nitrogens with one attached hydrogen (secondary N) is 2. The zero-order valence-electron chi connectivity index (χ0n) is 12.2. The van der Waals surface area contributed by atoms with E-state index in [0.717, 1.165) is 17.9 Å². The molecule has 0 bridgehead atoms. The predicted molar refractivity (Wildman–Crippen MR) is 84.0 cm³/mol. The molecule has 5 nitrogen and oxygen atoms in total. The van der Waals surface area contributed by atoms with E-state index in [1.54, 1.807) is 0 Å². The number of nitrogens with zero attached hydrogens (tertiary/aromatic N) is 2. The molecular formula is C14H18Cl2N4O.